The summed E-state index contributed by atoms with van der Waals surface area (Å²) in [5, 5.41) is 9.13. The van der Waals surface area contributed by atoms with Crippen molar-refractivity contribution in [2.24, 2.45) is 0 Å². The average Bonchev–Trinajstić information content (AvgIpc) is 3.71. The third-order valence-electron chi connectivity index (χ3n) is 10.1. The number of fused-ring (bicyclic) bond motifs is 2. The van der Waals surface area contributed by atoms with Gasteiger partial charge in [-0.15, -0.1) is 0 Å². The van der Waals surface area contributed by atoms with Crippen LogP contribution >= 0.6 is 15.8 Å². The second-order valence-electron chi connectivity index (χ2n) is 13.2. The molecule has 0 N–H and O–H groups in total. The molecule has 6 aromatic carbocycles. The van der Waals surface area contributed by atoms with Crippen LogP contribution in [0.25, 0.3) is 12.2 Å². The van der Waals surface area contributed by atoms with E-state index in [2.05, 4.69) is 185 Å². The fourth-order valence-electron chi connectivity index (χ4n) is 7.71. The van der Waals surface area contributed by atoms with Crippen molar-refractivity contribution in [3.63, 3.8) is 0 Å². The molecule has 0 nitrogen and oxygen atoms in total. The van der Waals surface area contributed by atoms with Gasteiger partial charge in [0, 0.05) is 0 Å². The molecule has 0 bridgehead atoms. The summed E-state index contributed by atoms with van der Waals surface area (Å²) in [6.45, 7) is 9.37. The second kappa shape index (κ2) is 16.4. The Morgan fingerprint density at radius 1 is 0.373 bits per heavy atom. The molecule has 2 unspecified atom stereocenters. The summed E-state index contributed by atoms with van der Waals surface area (Å²) in [7, 11) is -1.38. The predicted octanol–water partition coefficient (Wildman–Crippen LogP) is 4.77. The van der Waals surface area contributed by atoms with E-state index in [-0.39, 0.29) is 24.8 Å². The van der Waals surface area contributed by atoms with Gasteiger partial charge in [0.15, 0.2) is 0 Å². The minimum atomic E-state index is -1.26. The first-order chi connectivity index (χ1) is 24.0. The number of hydrogen-bond acceptors (Lipinski definition) is 0. The van der Waals surface area contributed by atoms with Crippen LogP contribution in [0.1, 0.15) is 51.8 Å². The number of halogens is 2. The SMILES string of the molecule is Cc1ccc(C)c2c1C=C(P(c1ccccc1)c1ccccc1)[CH]2[Zr+2][CH]1C(P(c2ccccc2)c2ccccc2)=Cc2c(C)ccc(C)c21.[Cl-].[Cl-]. The minimum Gasteiger partial charge on any atom is -1.00 e. The molecule has 51 heavy (non-hydrogen) atoms. The van der Waals surface area contributed by atoms with Crippen LogP contribution < -0.4 is 46.0 Å². The molecular weight excluding hydrogens is 777 g/mol. The molecule has 252 valence electrons. The van der Waals surface area contributed by atoms with Gasteiger partial charge < -0.3 is 24.8 Å². The maximum Gasteiger partial charge on any atom is -1.00 e. The maximum absolute atomic E-state index is 2.65. The van der Waals surface area contributed by atoms with E-state index in [1.54, 1.807) is 21.8 Å². The van der Waals surface area contributed by atoms with Crippen LogP contribution in [0.5, 0.6) is 0 Å². The zero-order valence-corrected chi connectivity index (χ0v) is 35.1. The number of benzene rings is 6. The maximum atomic E-state index is 2.65. The minimum absolute atomic E-state index is 0. The van der Waals surface area contributed by atoms with E-state index in [0.29, 0.717) is 7.25 Å². The van der Waals surface area contributed by atoms with Crippen molar-refractivity contribution < 1.29 is 48.0 Å². The molecule has 0 saturated carbocycles. The van der Waals surface area contributed by atoms with Crippen LogP contribution in [-0.2, 0) is 23.2 Å². The fourth-order valence-corrected chi connectivity index (χ4v) is 20.2. The Labute approximate surface area is 330 Å². The molecule has 0 saturated heterocycles. The van der Waals surface area contributed by atoms with Crippen molar-refractivity contribution in [3.05, 3.63) is 201 Å². The van der Waals surface area contributed by atoms with Gasteiger partial charge >= 0.3 is 308 Å². The summed E-state index contributed by atoms with van der Waals surface area (Å²) in [5.74, 6) is 0. The molecule has 0 aliphatic heterocycles. The van der Waals surface area contributed by atoms with Crippen LogP contribution in [0.2, 0.25) is 0 Å². The Morgan fingerprint density at radius 2 is 0.647 bits per heavy atom. The van der Waals surface area contributed by atoms with E-state index in [9.17, 15) is 0 Å². The predicted molar refractivity (Wildman–Crippen MR) is 211 cm³/mol. The largest absolute Gasteiger partial charge is 1.00 e. The Balaban J connectivity index is 0.00000224. The standard InChI is InChI=1S/2C23H20P.2ClH.Zr/c2*1-17-13-14-18(2)23-16-21(15-22(17)23)24(19-9-5-3-6-10-19)20-11-7-4-8-12-20;;;/h2*3-16H,1-2H3;2*1H;/q;;;;+2/p-2. The van der Waals surface area contributed by atoms with Crippen molar-refractivity contribution in [2.45, 2.75) is 34.9 Å². The molecule has 0 spiro atoms. The first kappa shape index (κ1) is 37.9. The van der Waals surface area contributed by atoms with Crippen molar-refractivity contribution in [1.82, 2.24) is 0 Å². The van der Waals surface area contributed by atoms with E-state index in [4.69, 9.17) is 0 Å². The normalized spacial score (nSPS) is 15.6. The first-order valence-electron chi connectivity index (χ1n) is 17.2. The van der Waals surface area contributed by atoms with Crippen LogP contribution in [0.4, 0.5) is 0 Å². The van der Waals surface area contributed by atoms with Crippen LogP contribution in [0.15, 0.2) is 156 Å². The Hall–Kier alpha value is -2.88. The van der Waals surface area contributed by atoms with Gasteiger partial charge in [-0.2, -0.15) is 0 Å². The summed E-state index contributed by atoms with van der Waals surface area (Å²) in [5.41, 5.74) is 11.9. The molecule has 8 rings (SSSR count). The monoisotopic (exact) mass is 814 g/mol. The number of hydrogen-bond donors (Lipinski definition) is 0. The Bertz CT molecular complexity index is 1960. The summed E-state index contributed by atoms with van der Waals surface area (Å²) in [4.78, 5) is 0. The number of aryl methyl sites for hydroxylation is 4. The van der Waals surface area contributed by atoms with E-state index in [0.717, 1.165) is 0 Å². The molecule has 0 amide bonds. The zero-order valence-electron chi connectivity index (χ0n) is 29.3. The molecule has 5 heteroatoms. The Morgan fingerprint density at radius 3 is 0.941 bits per heavy atom. The number of rotatable bonds is 8. The van der Waals surface area contributed by atoms with Crippen molar-refractivity contribution in [1.29, 1.82) is 0 Å². The quantitative estimate of drug-likeness (QED) is 0.195. The van der Waals surface area contributed by atoms with E-state index in [1.807, 2.05) is 0 Å². The molecule has 2 aliphatic carbocycles. The van der Waals surface area contributed by atoms with Crippen LogP contribution in [0.3, 0.4) is 0 Å². The molecule has 0 fully saturated rings. The molecule has 2 aliphatic rings. The average molecular weight is 817 g/mol. The third-order valence-corrected chi connectivity index (χ3v) is 21.0. The summed E-state index contributed by atoms with van der Waals surface area (Å²) < 4.78 is 0.959. The summed E-state index contributed by atoms with van der Waals surface area (Å²) in [6.07, 6.45) is 5.29. The second-order valence-corrected chi connectivity index (χ2v) is 21.3. The molecule has 0 aromatic heterocycles. The summed E-state index contributed by atoms with van der Waals surface area (Å²) in [6, 6.07) is 54.9. The van der Waals surface area contributed by atoms with Crippen molar-refractivity contribution >= 4 is 49.2 Å². The molecule has 6 aromatic rings. The van der Waals surface area contributed by atoms with Crippen LogP contribution in [-0.4, -0.2) is 0 Å². The van der Waals surface area contributed by atoms with Gasteiger partial charge in [-0.05, 0) is 0 Å². The third kappa shape index (κ3) is 7.24. The van der Waals surface area contributed by atoms with Gasteiger partial charge in [0.05, 0.1) is 0 Å². The molecule has 0 radical (unpaired) electrons. The van der Waals surface area contributed by atoms with Gasteiger partial charge in [-0.25, -0.2) is 0 Å². The molecule has 2 atom stereocenters. The van der Waals surface area contributed by atoms with Gasteiger partial charge in [-0.1, -0.05) is 0 Å². The molecule has 0 heterocycles. The van der Waals surface area contributed by atoms with Gasteiger partial charge in [0.25, 0.3) is 0 Å². The van der Waals surface area contributed by atoms with E-state index in [1.165, 1.54) is 54.6 Å². The Kier molecular flexibility index (Phi) is 12.2. The smallest absolute Gasteiger partial charge is 1.00 e. The number of allylic oxidation sites excluding steroid dienone is 2. The van der Waals surface area contributed by atoms with Gasteiger partial charge in [0.2, 0.25) is 0 Å². The fraction of sp³-hybridized carbons (Fsp3) is 0.130. The topological polar surface area (TPSA) is 0 Å². The first-order valence-corrected chi connectivity index (χ1v) is 22.7. The molecular formula is C46H40Cl2P2Zr. The van der Waals surface area contributed by atoms with Crippen molar-refractivity contribution in [3.8, 4) is 0 Å². The van der Waals surface area contributed by atoms with Gasteiger partial charge in [-0.3, -0.25) is 0 Å². The van der Waals surface area contributed by atoms with Crippen LogP contribution in [0, 0.1) is 27.7 Å². The van der Waals surface area contributed by atoms with Crippen molar-refractivity contribution in [2.75, 3.05) is 0 Å². The van der Waals surface area contributed by atoms with E-state index >= 15 is 0 Å². The summed E-state index contributed by atoms with van der Waals surface area (Å²) >= 11 is -1.26. The zero-order chi connectivity index (χ0) is 33.5. The van der Waals surface area contributed by atoms with Gasteiger partial charge in [0.1, 0.15) is 0 Å². The van der Waals surface area contributed by atoms with E-state index < -0.39 is 39.1 Å².